The van der Waals surface area contributed by atoms with Crippen LogP contribution in [0.25, 0.3) is 0 Å². The first-order valence-electron chi connectivity index (χ1n) is 4.69. The largest absolute Gasteiger partial charge is 0.481 e. The number of aliphatic carboxylic acids is 3. The fourth-order valence-electron chi connectivity index (χ4n) is 1.46. The van der Waals surface area contributed by atoms with Gasteiger partial charge in [0, 0.05) is 0 Å². The lowest BCUT2D eigenvalue weighted by Crippen LogP contribution is -2.53. The van der Waals surface area contributed by atoms with Gasteiger partial charge in [-0.25, -0.2) is 0 Å². The van der Waals surface area contributed by atoms with Crippen LogP contribution in [0.15, 0.2) is 0 Å². The van der Waals surface area contributed by atoms with Crippen molar-refractivity contribution in [3.05, 3.63) is 0 Å². The van der Waals surface area contributed by atoms with Gasteiger partial charge in [-0.1, -0.05) is 6.92 Å². The molecule has 0 aromatic rings. The van der Waals surface area contributed by atoms with E-state index in [4.69, 9.17) is 15.3 Å². The minimum atomic E-state index is -1.88. The Morgan fingerprint density at radius 1 is 0.938 bits per heavy atom. The fourth-order valence-corrected chi connectivity index (χ4v) is 1.46. The summed E-state index contributed by atoms with van der Waals surface area (Å²) in [7, 11) is 0. The van der Waals surface area contributed by atoms with Crippen molar-refractivity contribution in [1.82, 2.24) is 0 Å². The van der Waals surface area contributed by atoms with Gasteiger partial charge in [-0.15, -0.1) is 0 Å². The van der Waals surface area contributed by atoms with Crippen molar-refractivity contribution < 1.29 is 29.7 Å². The highest BCUT2D eigenvalue weighted by molar-refractivity contribution is 5.90. The number of carbonyl (C=O) groups is 3. The molecule has 0 aliphatic carbocycles. The van der Waals surface area contributed by atoms with Gasteiger partial charge >= 0.3 is 17.9 Å². The Bertz CT molecular complexity index is 332. The van der Waals surface area contributed by atoms with E-state index in [1.807, 2.05) is 0 Å². The summed E-state index contributed by atoms with van der Waals surface area (Å²) in [5.41, 5.74) is -3.57. The third-order valence-electron chi connectivity index (χ3n) is 3.51. The molecule has 2 atom stereocenters. The molecule has 3 N–H and O–H groups in total. The maximum atomic E-state index is 11.2. The Labute approximate surface area is 92.9 Å². The second-order valence-electron chi connectivity index (χ2n) is 4.50. The number of rotatable bonds is 5. The van der Waals surface area contributed by atoms with E-state index in [0.29, 0.717) is 0 Å². The van der Waals surface area contributed by atoms with Crippen molar-refractivity contribution in [3.8, 4) is 0 Å². The van der Waals surface area contributed by atoms with Crippen molar-refractivity contribution in [2.75, 3.05) is 0 Å². The summed E-state index contributed by atoms with van der Waals surface area (Å²) in [6, 6.07) is 0. The average molecular weight is 232 g/mol. The monoisotopic (exact) mass is 232 g/mol. The first kappa shape index (κ1) is 14.4. The van der Waals surface area contributed by atoms with E-state index in [1.54, 1.807) is 0 Å². The highest BCUT2D eigenvalue weighted by atomic mass is 16.4. The SMILES string of the molecule is CC(C(=O)O)C(C)(C(=O)O)C(C)(C)C(=O)O. The molecule has 16 heavy (non-hydrogen) atoms. The molecule has 6 heteroatoms. The number of carboxylic acids is 3. The van der Waals surface area contributed by atoms with Crippen molar-refractivity contribution >= 4 is 17.9 Å². The molecule has 0 aliphatic heterocycles. The molecule has 0 spiro atoms. The van der Waals surface area contributed by atoms with Crippen LogP contribution < -0.4 is 0 Å². The molecule has 2 unspecified atom stereocenters. The molecular formula is C10H16O6. The number of carboxylic acid groups (broad SMARTS) is 3. The van der Waals surface area contributed by atoms with Crippen molar-refractivity contribution in [2.24, 2.45) is 16.7 Å². The van der Waals surface area contributed by atoms with Gasteiger partial charge in [0.15, 0.2) is 0 Å². The van der Waals surface area contributed by atoms with Crippen LogP contribution >= 0.6 is 0 Å². The topological polar surface area (TPSA) is 112 Å². The Balaban J connectivity index is 5.71. The summed E-state index contributed by atoms with van der Waals surface area (Å²) in [4.78, 5) is 33.1. The highest BCUT2D eigenvalue weighted by Crippen LogP contribution is 2.45. The third-order valence-corrected chi connectivity index (χ3v) is 3.51. The summed E-state index contributed by atoms with van der Waals surface area (Å²) in [5, 5.41) is 27.0. The van der Waals surface area contributed by atoms with E-state index in [2.05, 4.69) is 0 Å². The van der Waals surface area contributed by atoms with E-state index >= 15 is 0 Å². The summed E-state index contributed by atoms with van der Waals surface area (Å²) < 4.78 is 0. The van der Waals surface area contributed by atoms with Gasteiger partial charge in [0.25, 0.3) is 0 Å². The van der Waals surface area contributed by atoms with Gasteiger partial charge in [-0.2, -0.15) is 0 Å². The Kier molecular flexibility index (Phi) is 3.70. The second-order valence-corrected chi connectivity index (χ2v) is 4.50. The lowest BCUT2D eigenvalue weighted by molar-refractivity contribution is -0.179. The zero-order valence-electron chi connectivity index (χ0n) is 9.64. The molecule has 0 bridgehead atoms. The maximum absolute atomic E-state index is 11.2. The minimum absolute atomic E-state index is 1.14. The molecule has 0 aromatic carbocycles. The van der Waals surface area contributed by atoms with Crippen LogP contribution in [0, 0.1) is 16.7 Å². The highest BCUT2D eigenvalue weighted by Gasteiger charge is 2.57. The first-order valence-corrected chi connectivity index (χ1v) is 4.69. The van der Waals surface area contributed by atoms with Gasteiger partial charge < -0.3 is 15.3 Å². The Hall–Kier alpha value is -1.59. The second kappa shape index (κ2) is 4.11. The third kappa shape index (κ3) is 1.87. The van der Waals surface area contributed by atoms with Crippen LogP contribution in [0.1, 0.15) is 27.7 Å². The smallest absolute Gasteiger partial charge is 0.311 e. The van der Waals surface area contributed by atoms with E-state index < -0.39 is 34.7 Å². The van der Waals surface area contributed by atoms with Gasteiger partial charge in [-0.3, -0.25) is 14.4 Å². The van der Waals surface area contributed by atoms with Gasteiger partial charge in [0.2, 0.25) is 0 Å². The van der Waals surface area contributed by atoms with Gasteiger partial charge in [0.1, 0.15) is 0 Å². The average Bonchev–Trinajstić information content (AvgIpc) is 2.14. The zero-order chi connectivity index (χ0) is 13.3. The molecule has 0 radical (unpaired) electrons. The fraction of sp³-hybridized carbons (Fsp3) is 0.700. The van der Waals surface area contributed by atoms with E-state index in [1.165, 1.54) is 20.8 Å². The van der Waals surface area contributed by atoms with E-state index in [-0.39, 0.29) is 0 Å². The molecule has 0 aromatic heterocycles. The number of hydrogen-bond acceptors (Lipinski definition) is 3. The maximum Gasteiger partial charge on any atom is 0.311 e. The quantitative estimate of drug-likeness (QED) is 0.649. The molecule has 6 nitrogen and oxygen atoms in total. The Morgan fingerprint density at radius 3 is 1.50 bits per heavy atom. The Morgan fingerprint density at radius 2 is 1.31 bits per heavy atom. The molecule has 0 fully saturated rings. The van der Waals surface area contributed by atoms with Crippen LogP contribution in [0.2, 0.25) is 0 Å². The standard InChI is InChI=1S/C10H16O6/c1-5(6(11)12)10(4,8(15)16)9(2,3)7(13)14/h5H,1-4H3,(H,11,12)(H,13,14)(H,15,16). The molecule has 0 aliphatic rings. The van der Waals surface area contributed by atoms with Crippen LogP contribution in [0.5, 0.6) is 0 Å². The molecule has 0 amide bonds. The van der Waals surface area contributed by atoms with Crippen molar-refractivity contribution in [2.45, 2.75) is 27.7 Å². The van der Waals surface area contributed by atoms with Gasteiger partial charge in [0.05, 0.1) is 16.7 Å². The first-order chi connectivity index (χ1) is 6.99. The summed E-state index contributed by atoms with van der Waals surface area (Å²) in [6.45, 7) is 4.76. The predicted octanol–water partition coefficient (Wildman–Crippen LogP) is 0.909. The molecular weight excluding hydrogens is 216 g/mol. The van der Waals surface area contributed by atoms with Crippen LogP contribution in [0.4, 0.5) is 0 Å². The minimum Gasteiger partial charge on any atom is -0.481 e. The predicted molar refractivity (Wildman–Crippen MR) is 54.0 cm³/mol. The molecule has 92 valence electrons. The summed E-state index contributed by atoms with van der Waals surface area (Å²) in [6.07, 6.45) is 0. The molecule has 0 heterocycles. The number of hydrogen-bond donors (Lipinski definition) is 3. The normalized spacial score (nSPS) is 17.2. The molecule has 0 saturated carbocycles. The lowest BCUT2D eigenvalue weighted by Gasteiger charge is -2.40. The van der Waals surface area contributed by atoms with E-state index in [9.17, 15) is 14.4 Å². The lowest BCUT2D eigenvalue weighted by atomic mass is 9.60. The molecule has 0 saturated heterocycles. The van der Waals surface area contributed by atoms with E-state index in [0.717, 1.165) is 6.92 Å². The summed E-state index contributed by atoms with van der Waals surface area (Å²) >= 11 is 0. The van der Waals surface area contributed by atoms with Crippen molar-refractivity contribution in [3.63, 3.8) is 0 Å². The van der Waals surface area contributed by atoms with Crippen LogP contribution in [-0.2, 0) is 14.4 Å². The summed E-state index contributed by atoms with van der Waals surface area (Å²) in [5.74, 6) is -5.42. The molecule has 0 rings (SSSR count). The van der Waals surface area contributed by atoms with Crippen LogP contribution in [-0.4, -0.2) is 33.2 Å². The van der Waals surface area contributed by atoms with Gasteiger partial charge in [-0.05, 0) is 20.8 Å². The van der Waals surface area contributed by atoms with Crippen LogP contribution in [0.3, 0.4) is 0 Å². The zero-order valence-corrected chi connectivity index (χ0v) is 9.64. The van der Waals surface area contributed by atoms with Crippen molar-refractivity contribution in [1.29, 1.82) is 0 Å².